The van der Waals surface area contributed by atoms with E-state index in [9.17, 15) is 27.2 Å². The van der Waals surface area contributed by atoms with Crippen molar-refractivity contribution in [1.29, 1.82) is 0 Å². The minimum absolute atomic E-state index is 0.0618. The molecule has 5 heterocycles. The van der Waals surface area contributed by atoms with Crippen LogP contribution in [0.2, 0.25) is 0 Å². The first-order valence-corrected chi connectivity index (χ1v) is 14.3. The lowest BCUT2D eigenvalue weighted by Gasteiger charge is -2.33. The first-order chi connectivity index (χ1) is 20.5. The number of pyridine rings is 1. The van der Waals surface area contributed by atoms with Gasteiger partial charge < -0.3 is 9.47 Å². The number of hydrogen-bond donors (Lipinski definition) is 0. The Kier molecular flexibility index (Phi) is 7.21. The quantitative estimate of drug-likeness (QED) is 0.381. The van der Waals surface area contributed by atoms with Gasteiger partial charge in [0.1, 0.15) is 17.3 Å². The number of imidazole rings is 1. The largest absolute Gasteiger partial charge is 0.337 e. The van der Waals surface area contributed by atoms with E-state index in [4.69, 9.17) is 9.98 Å². The van der Waals surface area contributed by atoms with Crippen LogP contribution in [-0.2, 0) is 6.54 Å². The Hall–Kier alpha value is -4.29. The molecule has 43 heavy (non-hydrogen) atoms. The third-order valence-electron chi connectivity index (χ3n) is 8.21. The summed E-state index contributed by atoms with van der Waals surface area (Å²) in [6, 6.07) is 6.68. The molecule has 1 fully saturated rings. The molecule has 0 unspecified atom stereocenters. The molecule has 2 aromatic heterocycles. The average molecular weight is 598 g/mol. The van der Waals surface area contributed by atoms with E-state index in [0.717, 1.165) is 12.1 Å². The van der Waals surface area contributed by atoms with Crippen molar-refractivity contribution in [2.45, 2.75) is 52.1 Å². The fourth-order valence-corrected chi connectivity index (χ4v) is 5.69. The molecule has 2 amide bonds. The van der Waals surface area contributed by atoms with E-state index in [-0.39, 0.29) is 48.9 Å². The maximum atomic E-state index is 14.2. The van der Waals surface area contributed by atoms with Crippen molar-refractivity contribution >= 4 is 23.6 Å². The maximum absolute atomic E-state index is 14.2. The Morgan fingerprint density at radius 1 is 1.09 bits per heavy atom. The van der Waals surface area contributed by atoms with Crippen LogP contribution in [0.25, 0.3) is 11.4 Å². The van der Waals surface area contributed by atoms with Crippen LogP contribution in [0.3, 0.4) is 0 Å². The summed E-state index contributed by atoms with van der Waals surface area (Å²) < 4.78 is 56.9. The van der Waals surface area contributed by atoms with Crippen LogP contribution in [0.4, 0.5) is 23.4 Å². The zero-order chi connectivity index (χ0) is 30.6. The van der Waals surface area contributed by atoms with Gasteiger partial charge in [0.05, 0.1) is 19.1 Å². The maximum Gasteiger partial charge on any atom is 0.283 e. The van der Waals surface area contributed by atoms with Crippen LogP contribution >= 0.6 is 0 Å². The van der Waals surface area contributed by atoms with E-state index in [2.05, 4.69) is 18.8 Å². The fourth-order valence-electron chi connectivity index (χ4n) is 5.69. The molecule has 3 aliphatic heterocycles. The summed E-state index contributed by atoms with van der Waals surface area (Å²) in [5.74, 6) is -3.96. The molecule has 0 spiro atoms. The monoisotopic (exact) mass is 597 g/mol. The highest BCUT2D eigenvalue weighted by Gasteiger charge is 2.44. The third-order valence-corrected chi connectivity index (χ3v) is 8.21. The molecule has 226 valence electrons. The SMILES string of the molecule is CCN1C(=O)c2nc(-c3ccc(C(=O)N4CCC(F)(F)CC4)nc3)n(Cc3ccc(F)c(F)c3)c2N2C[C@@H](C(C)C)N=C12. The average Bonchev–Trinajstić information content (AvgIpc) is 3.58. The van der Waals surface area contributed by atoms with Gasteiger partial charge in [0.15, 0.2) is 17.3 Å². The number of halogens is 4. The number of anilines is 1. The van der Waals surface area contributed by atoms with Crippen molar-refractivity contribution in [3.63, 3.8) is 0 Å². The second kappa shape index (κ2) is 10.8. The minimum atomic E-state index is -2.78. The number of benzene rings is 1. The van der Waals surface area contributed by atoms with Crippen LogP contribution in [-0.4, -0.2) is 80.3 Å². The van der Waals surface area contributed by atoms with E-state index in [0.29, 0.717) is 41.8 Å². The van der Waals surface area contributed by atoms with Gasteiger partial charge in [-0.05, 0) is 42.7 Å². The van der Waals surface area contributed by atoms with E-state index in [1.54, 1.807) is 15.5 Å². The van der Waals surface area contributed by atoms with E-state index in [1.165, 1.54) is 23.2 Å². The second-order valence-corrected chi connectivity index (χ2v) is 11.4. The topological polar surface area (TPSA) is 86.9 Å². The van der Waals surface area contributed by atoms with Crippen molar-refractivity contribution in [1.82, 2.24) is 24.3 Å². The highest BCUT2D eigenvalue weighted by Crippen LogP contribution is 2.37. The van der Waals surface area contributed by atoms with E-state index < -0.39 is 36.3 Å². The first kappa shape index (κ1) is 28.8. The molecule has 13 heteroatoms. The predicted molar refractivity (Wildman–Crippen MR) is 151 cm³/mol. The number of fused-ring (bicyclic) bond motifs is 3. The van der Waals surface area contributed by atoms with E-state index in [1.807, 2.05) is 11.8 Å². The van der Waals surface area contributed by atoms with Crippen molar-refractivity contribution < 1.29 is 27.2 Å². The number of amides is 2. The Morgan fingerprint density at radius 3 is 2.47 bits per heavy atom. The van der Waals surface area contributed by atoms with Gasteiger partial charge in [0.2, 0.25) is 5.96 Å². The van der Waals surface area contributed by atoms with Gasteiger partial charge in [0.25, 0.3) is 17.7 Å². The summed E-state index contributed by atoms with van der Waals surface area (Å²) in [4.78, 5) is 45.4. The smallest absolute Gasteiger partial charge is 0.283 e. The number of piperidine rings is 1. The molecule has 1 atom stereocenters. The Morgan fingerprint density at radius 2 is 1.84 bits per heavy atom. The van der Waals surface area contributed by atoms with Crippen molar-refractivity contribution in [2.75, 3.05) is 31.1 Å². The molecule has 6 rings (SSSR count). The minimum Gasteiger partial charge on any atom is -0.337 e. The molecule has 0 N–H and O–H groups in total. The third kappa shape index (κ3) is 5.14. The molecule has 0 saturated carbocycles. The summed E-state index contributed by atoms with van der Waals surface area (Å²) in [6.07, 6.45) is 0.650. The van der Waals surface area contributed by atoms with Gasteiger partial charge >= 0.3 is 0 Å². The first-order valence-electron chi connectivity index (χ1n) is 14.3. The number of aliphatic imine (C=N–C) groups is 1. The number of nitrogens with zero attached hydrogens (tertiary/aromatic N) is 7. The molecular weight excluding hydrogens is 566 g/mol. The van der Waals surface area contributed by atoms with Crippen LogP contribution in [0.5, 0.6) is 0 Å². The van der Waals surface area contributed by atoms with Gasteiger partial charge in [-0.15, -0.1) is 0 Å². The number of carbonyl (C=O) groups is 2. The Labute approximate surface area is 245 Å². The lowest BCUT2D eigenvalue weighted by Crippen LogP contribution is -2.50. The van der Waals surface area contributed by atoms with Gasteiger partial charge in [0, 0.05) is 44.2 Å². The lowest BCUT2D eigenvalue weighted by molar-refractivity contribution is -0.0495. The van der Waals surface area contributed by atoms with Gasteiger partial charge in [-0.3, -0.25) is 24.4 Å². The molecular formula is C30H31F4N7O2. The van der Waals surface area contributed by atoms with Crippen molar-refractivity contribution in [3.05, 3.63) is 65.1 Å². The number of likely N-dealkylation sites (tertiary alicyclic amines) is 1. The normalized spacial score (nSPS) is 19.5. The molecule has 1 aromatic carbocycles. The zero-order valence-corrected chi connectivity index (χ0v) is 24.0. The predicted octanol–water partition coefficient (Wildman–Crippen LogP) is 4.82. The number of hydrogen-bond acceptors (Lipinski definition) is 6. The van der Waals surface area contributed by atoms with E-state index >= 15 is 0 Å². The van der Waals surface area contributed by atoms with Crippen molar-refractivity contribution in [3.8, 4) is 11.4 Å². The molecule has 0 aliphatic carbocycles. The molecule has 0 bridgehead atoms. The van der Waals surface area contributed by atoms with Crippen LogP contribution in [0.1, 0.15) is 60.2 Å². The van der Waals surface area contributed by atoms with Gasteiger partial charge in [-0.25, -0.2) is 27.5 Å². The van der Waals surface area contributed by atoms with Gasteiger partial charge in [-0.2, -0.15) is 0 Å². The fraction of sp³-hybridized carbons (Fsp3) is 0.433. The molecule has 3 aliphatic rings. The summed E-state index contributed by atoms with van der Waals surface area (Å²) in [5, 5.41) is 0. The second-order valence-electron chi connectivity index (χ2n) is 11.4. The Balaban J connectivity index is 1.41. The Bertz CT molecular complexity index is 1610. The molecule has 0 radical (unpaired) electrons. The van der Waals surface area contributed by atoms with Gasteiger partial charge in [-0.1, -0.05) is 19.9 Å². The number of alkyl halides is 2. The van der Waals surface area contributed by atoms with Crippen LogP contribution in [0, 0.1) is 17.6 Å². The zero-order valence-electron chi connectivity index (χ0n) is 24.0. The molecule has 3 aromatic rings. The number of carbonyl (C=O) groups excluding carboxylic acids is 2. The summed E-state index contributed by atoms with van der Waals surface area (Å²) >= 11 is 0. The van der Waals surface area contributed by atoms with Crippen molar-refractivity contribution in [2.24, 2.45) is 10.9 Å². The van der Waals surface area contributed by atoms with Crippen LogP contribution < -0.4 is 4.90 Å². The number of rotatable bonds is 6. The lowest BCUT2D eigenvalue weighted by atomic mass is 10.1. The highest BCUT2D eigenvalue weighted by molar-refractivity contribution is 6.18. The molecule has 1 saturated heterocycles. The summed E-state index contributed by atoms with van der Waals surface area (Å²) in [5.41, 5.74) is 1.22. The molecule has 9 nitrogen and oxygen atoms in total. The number of aromatic nitrogens is 3. The number of guanidine groups is 1. The van der Waals surface area contributed by atoms with Crippen LogP contribution in [0.15, 0.2) is 41.5 Å². The standard InChI is InChI=1S/C30H31F4N7O2/c1-4-39-28(43)24-26(41-16-23(17(2)3)36-29(39)41)40(15-18-5-7-20(31)21(32)13-18)25(37-24)19-6-8-22(35-14-19)27(42)38-11-9-30(33,34)10-12-38/h5-8,13-14,17,23H,4,9-12,15-16H2,1-3H3/t23-/m0/s1. The highest BCUT2D eigenvalue weighted by atomic mass is 19.3. The summed E-state index contributed by atoms with van der Waals surface area (Å²) in [6.45, 7) is 6.79. The summed E-state index contributed by atoms with van der Waals surface area (Å²) in [7, 11) is 0.